The third kappa shape index (κ3) is 3.00. The van der Waals surface area contributed by atoms with E-state index in [4.69, 9.17) is 4.42 Å². The van der Waals surface area contributed by atoms with Gasteiger partial charge in [0.1, 0.15) is 5.58 Å². The number of rotatable bonds is 2. The van der Waals surface area contributed by atoms with E-state index in [1.54, 1.807) is 11.3 Å². The Kier molecular flexibility index (Phi) is 4.03. The maximum Gasteiger partial charge on any atom is 0.345 e. The molecule has 1 aliphatic heterocycles. The van der Waals surface area contributed by atoms with E-state index in [-0.39, 0.29) is 5.63 Å². The zero-order chi connectivity index (χ0) is 19.4. The Hall–Kier alpha value is -2.64. The zero-order valence-corrected chi connectivity index (χ0v) is 16.9. The standard InChI is InChI=1S/C21H22N4O2S/c1-12-8-24(9-13(2)22-12)16-5-4-15-6-17(20(26)27-19(15)7-16)18-11-25-10-14(3)28-21(25)23-18/h4-7,10-13,22H,8-9H2,1-3H3. The number of aryl methyl sites for hydroxylation is 1. The molecule has 3 aromatic heterocycles. The van der Waals surface area contributed by atoms with Crippen molar-refractivity contribution in [3.8, 4) is 11.3 Å². The molecule has 4 heterocycles. The third-order valence-electron chi connectivity index (χ3n) is 5.19. The molecule has 1 aliphatic rings. The predicted octanol–water partition coefficient (Wildman–Crippen LogP) is 3.66. The molecule has 1 saturated heterocycles. The SMILES string of the molecule is Cc1cn2cc(-c3cc4ccc(N5CC(C)NC(C)C5)cc4oc3=O)nc2s1. The number of imidazole rings is 1. The number of hydrogen-bond donors (Lipinski definition) is 1. The molecule has 0 aliphatic carbocycles. The number of nitrogens with zero attached hydrogens (tertiary/aromatic N) is 3. The number of piperazine rings is 1. The molecule has 0 bridgehead atoms. The number of thiazole rings is 1. The van der Waals surface area contributed by atoms with Crippen molar-refractivity contribution in [1.82, 2.24) is 14.7 Å². The van der Waals surface area contributed by atoms with Gasteiger partial charge >= 0.3 is 5.63 Å². The van der Waals surface area contributed by atoms with Gasteiger partial charge in [-0.25, -0.2) is 9.78 Å². The summed E-state index contributed by atoms with van der Waals surface area (Å²) in [7, 11) is 0. The van der Waals surface area contributed by atoms with E-state index in [2.05, 4.69) is 35.1 Å². The molecule has 0 amide bonds. The first-order chi connectivity index (χ1) is 13.5. The average Bonchev–Trinajstić information content (AvgIpc) is 3.17. The normalized spacial score (nSPS) is 20.3. The molecule has 28 heavy (non-hydrogen) atoms. The van der Waals surface area contributed by atoms with Gasteiger partial charge < -0.3 is 14.6 Å². The van der Waals surface area contributed by atoms with Gasteiger partial charge in [0.25, 0.3) is 0 Å². The summed E-state index contributed by atoms with van der Waals surface area (Å²) in [5.74, 6) is 0. The Morgan fingerprint density at radius 3 is 2.71 bits per heavy atom. The first-order valence-electron chi connectivity index (χ1n) is 9.51. The maximum atomic E-state index is 12.7. The molecule has 0 saturated carbocycles. The maximum absolute atomic E-state index is 12.7. The summed E-state index contributed by atoms with van der Waals surface area (Å²) >= 11 is 1.60. The number of benzene rings is 1. The molecule has 1 N–H and O–H groups in total. The van der Waals surface area contributed by atoms with Crippen molar-refractivity contribution in [3.05, 3.63) is 52.0 Å². The molecule has 1 aromatic carbocycles. The van der Waals surface area contributed by atoms with Crippen LogP contribution in [-0.4, -0.2) is 34.6 Å². The fourth-order valence-electron chi connectivity index (χ4n) is 4.05. The van der Waals surface area contributed by atoms with Crippen LogP contribution in [0.1, 0.15) is 18.7 Å². The van der Waals surface area contributed by atoms with Gasteiger partial charge in [-0.1, -0.05) is 0 Å². The van der Waals surface area contributed by atoms with E-state index in [1.807, 2.05) is 41.9 Å². The Morgan fingerprint density at radius 1 is 1.18 bits per heavy atom. The van der Waals surface area contributed by atoms with Gasteiger partial charge in [0.2, 0.25) is 0 Å². The summed E-state index contributed by atoms with van der Waals surface area (Å²) in [6.07, 6.45) is 3.90. The van der Waals surface area contributed by atoms with E-state index >= 15 is 0 Å². The van der Waals surface area contributed by atoms with Gasteiger partial charge in [-0.2, -0.15) is 0 Å². The molecule has 6 nitrogen and oxygen atoms in total. The second-order valence-electron chi connectivity index (χ2n) is 7.70. The predicted molar refractivity (Wildman–Crippen MR) is 114 cm³/mol. The highest BCUT2D eigenvalue weighted by Gasteiger charge is 2.21. The zero-order valence-electron chi connectivity index (χ0n) is 16.1. The lowest BCUT2D eigenvalue weighted by molar-refractivity contribution is 0.407. The highest BCUT2D eigenvalue weighted by atomic mass is 32.1. The summed E-state index contributed by atoms with van der Waals surface area (Å²) in [5.41, 5.74) is 2.49. The third-order valence-corrected chi connectivity index (χ3v) is 6.10. The van der Waals surface area contributed by atoms with Crippen LogP contribution in [0.5, 0.6) is 0 Å². The summed E-state index contributed by atoms with van der Waals surface area (Å²) in [6, 6.07) is 8.83. The molecule has 7 heteroatoms. The van der Waals surface area contributed by atoms with Crippen LogP contribution >= 0.6 is 11.3 Å². The topological polar surface area (TPSA) is 62.8 Å². The van der Waals surface area contributed by atoms with Crippen molar-refractivity contribution >= 4 is 33.0 Å². The van der Waals surface area contributed by atoms with Crippen LogP contribution in [0.2, 0.25) is 0 Å². The van der Waals surface area contributed by atoms with Gasteiger partial charge in [-0.3, -0.25) is 4.40 Å². The van der Waals surface area contributed by atoms with E-state index in [9.17, 15) is 4.79 Å². The minimum absolute atomic E-state index is 0.353. The van der Waals surface area contributed by atoms with Crippen molar-refractivity contribution in [2.45, 2.75) is 32.9 Å². The smallest absolute Gasteiger partial charge is 0.345 e. The molecule has 5 rings (SSSR count). The van der Waals surface area contributed by atoms with E-state index < -0.39 is 0 Å². The minimum atomic E-state index is -0.353. The second kappa shape index (κ2) is 6.46. The lowest BCUT2D eigenvalue weighted by Gasteiger charge is -2.37. The van der Waals surface area contributed by atoms with Crippen LogP contribution in [0.3, 0.4) is 0 Å². The van der Waals surface area contributed by atoms with E-state index in [0.717, 1.165) is 29.1 Å². The molecule has 0 spiro atoms. The Labute approximate surface area is 166 Å². The second-order valence-corrected chi connectivity index (χ2v) is 8.91. The van der Waals surface area contributed by atoms with E-state index in [1.165, 1.54) is 4.88 Å². The van der Waals surface area contributed by atoms with Crippen LogP contribution < -0.4 is 15.8 Å². The average molecular weight is 395 g/mol. The van der Waals surface area contributed by atoms with Crippen molar-refractivity contribution < 1.29 is 4.42 Å². The van der Waals surface area contributed by atoms with Crippen molar-refractivity contribution in [1.29, 1.82) is 0 Å². The highest BCUT2D eigenvalue weighted by molar-refractivity contribution is 7.17. The summed E-state index contributed by atoms with van der Waals surface area (Å²) in [5, 5.41) is 4.44. The Morgan fingerprint density at radius 2 is 1.96 bits per heavy atom. The largest absolute Gasteiger partial charge is 0.422 e. The van der Waals surface area contributed by atoms with E-state index in [0.29, 0.717) is 28.9 Å². The molecule has 0 radical (unpaired) electrons. The summed E-state index contributed by atoms with van der Waals surface area (Å²) < 4.78 is 7.64. The van der Waals surface area contributed by atoms with Crippen LogP contribution in [0, 0.1) is 6.92 Å². The molecule has 4 aromatic rings. The van der Waals surface area contributed by atoms with Gasteiger partial charge in [-0.05, 0) is 39.0 Å². The quantitative estimate of drug-likeness (QED) is 0.526. The molecule has 2 unspecified atom stereocenters. The van der Waals surface area contributed by atoms with Crippen molar-refractivity contribution in [2.24, 2.45) is 0 Å². The number of nitrogens with one attached hydrogen (secondary N) is 1. The number of hydrogen-bond acceptors (Lipinski definition) is 6. The monoisotopic (exact) mass is 394 g/mol. The summed E-state index contributed by atoms with van der Waals surface area (Å²) in [6.45, 7) is 8.29. The molecular formula is C21H22N4O2S. The first-order valence-corrected chi connectivity index (χ1v) is 10.3. The minimum Gasteiger partial charge on any atom is -0.422 e. The van der Waals surface area contributed by atoms with Gasteiger partial charge in [0.05, 0.1) is 11.3 Å². The summed E-state index contributed by atoms with van der Waals surface area (Å²) in [4.78, 5) is 21.6. The van der Waals surface area contributed by atoms with Crippen LogP contribution in [-0.2, 0) is 0 Å². The van der Waals surface area contributed by atoms with Crippen molar-refractivity contribution in [3.63, 3.8) is 0 Å². The lowest BCUT2D eigenvalue weighted by atomic mass is 10.1. The van der Waals surface area contributed by atoms with Crippen LogP contribution in [0.4, 0.5) is 5.69 Å². The molecule has 144 valence electrons. The first kappa shape index (κ1) is 17.5. The van der Waals surface area contributed by atoms with Crippen LogP contribution in [0.15, 0.2) is 45.9 Å². The Bertz CT molecular complexity index is 1200. The number of fused-ring (bicyclic) bond motifs is 2. The molecule has 1 fully saturated rings. The van der Waals surface area contributed by atoms with Crippen molar-refractivity contribution in [2.75, 3.05) is 18.0 Å². The lowest BCUT2D eigenvalue weighted by Crippen LogP contribution is -2.54. The van der Waals surface area contributed by atoms with Crippen LogP contribution in [0.25, 0.3) is 27.2 Å². The molecular weight excluding hydrogens is 372 g/mol. The fourth-order valence-corrected chi connectivity index (χ4v) is 4.86. The number of anilines is 1. The fraction of sp³-hybridized carbons (Fsp3) is 0.333. The molecule has 2 atom stereocenters. The van der Waals surface area contributed by atoms with Gasteiger partial charge in [0, 0.05) is 59.6 Å². The highest BCUT2D eigenvalue weighted by Crippen LogP contribution is 2.27. The number of aromatic nitrogens is 2. The Balaban J connectivity index is 1.54. The van der Waals surface area contributed by atoms with Gasteiger partial charge in [0.15, 0.2) is 4.96 Å². The van der Waals surface area contributed by atoms with Gasteiger partial charge in [-0.15, -0.1) is 11.3 Å².